The Morgan fingerprint density at radius 3 is 0.976 bits per heavy atom. The third-order valence-electron chi connectivity index (χ3n) is 4.07. The second-order valence-corrected chi connectivity index (χ2v) is 8.78. The quantitative estimate of drug-likeness (QED) is 0.155. The molecular formula is C20H14Br2N8O12. The molecule has 2 heterocycles. The van der Waals surface area contributed by atoms with Crippen LogP contribution >= 0.6 is 31.9 Å². The number of hydrogen-bond acceptors (Lipinski definition) is 12. The monoisotopic (exact) mass is 716 g/mol. The number of aromatic nitrogens is 4. The highest BCUT2D eigenvalue weighted by Crippen LogP contribution is 2.23. The minimum atomic E-state index is -1.46. The Bertz CT molecular complexity index is 1300. The summed E-state index contributed by atoms with van der Waals surface area (Å²) in [5, 5.41) is 71.0. The molecule has 4 N–H and O–H groups in total. The van der Waals surface area contributed by atoms with Gasteiger partial charge in [0.05, 0.1) is 64.3 Å². The molecule has 220 valence electrons. The van der Waals surface area contributed by atoms with Gasteiger partial charge in [-0.2, -0.15) is 10.2 Å². The van der Waals surface area contributed by atoms with E-state index in [2.05, 4.69) is 52.3 Å². The normalized spacial score (nSPS) is 9.38. The molecule has 0 amide bonds. The highest BCUT2D eigenvalue weighted by Gasteiger charge is 2.20. The van der Waals surface area contributed by atoms with Crippen molar-refractivity contribution in [1.82, 2.24) is 20.4 Å². The number of carboxylic acids is 2. The van der Waals surface area contributed by atoms with Gasteiger partial charge < -0.3 is 10.2 Å². The molecule has 0 saturated carbocycles. The van der Waals surface area contributed by atoms with E-state index in [9.17, 15) is 50.0 Å². The number of H-pyrrole nitrogens is 2. The average Bonchev–Trinajstić information content (AvgIpc) is 3.62. The first-order chi connectivity index (χ1) is 19.6. The number of nitro groups is 4. The van der Waals surface area contributed by atoms with Crippen LogP contribution in [0.25, 0.3) is 0 Å². The topological polar surface area (TPSA) is 305 Å². The Hall–Kier alpha value is -5.64. The molecule has 4 rings (SSSR count). The van der Waals surface area contributed by atoms with Crippen molar-refractivity contribution in [1.29, 1.82) is 0 Å². The number of benzene rings is 2. The van der Waals surface area contributed by atoms with Crippen molar-refractivity contribution in [3.05, 3.63) is 122 Å². The summed E-state index contributed by atoms with van der Waals surface area (Å²) in [5.74, 6) is -2.91. The highest BCUT2D eigenvalue weighted by atomic mass is 79.9. The second kappa shape index (κ2) is 16.5. The largest absolute Gasteiger partial charge is 0.478 e. The summed E-state index contributed by atoms with van der Waals surface area (Å²) < 4.78 is 1.98. The predicted octanol–water partition coefficient (Wildman–Crippen LogP) is 4.75. The predicted molar refractivity (Wildman–Crippen MR) is 146 cm³/mol. The molecule has 2 aromatic heterocycles. The van der Waals surface area contributed by atoms with E-state index in [-0.39, 0.29) is 0 Å². The molecule has 22 heteroatoms. The average molecular weight is 718 g/mol. The number of rotatable bonds is 6. The van der Waals surface area contributed by atoms with E-state index in [1.165, 1.54) is 0 Å². The molecule has 4 aromatic rings. The van der Waals surface area contributed by atoms with Crippen LogP contribution in [0.2, 0.25) is 0 Å². The van der Waals surface area contributed by atoms with Crippen molar-refractivity contribution in [2.24, 2.45) is 0 Å². The van der Waals surface area contributed by atoms with Gasteiger partial charge >= 0.3 is 11.9 Å². The van der Waals surface area contributed by atoms with Gasteiger partial charge in [0.1, 0.15) is 0 Å². The van der Waals surface area contributed by atoms with Crippen LogP contribution in [-0.4, -0.2) is 62.2 Å². The second-order valence-electron chi connectivity index (χ2n) is 6.95. The molecule has 0 unspecified atom stereocenters. The zero-order valence-electron chi connectivity index (χ0n) is 20.2. The summed E-state index contributed by atoms with van der Waals surface area (Å²) in [6.07, 6.45) is 6.92. The van der Waals surface area contributed by atoms with E-state index < -0.39 is 65.5 Å². The van der Waals surface area contributed by atoms with Gasteiger partial charge in [-0.3, -0.25) is 50.7 Å². The van der Waals surface area contributed by atoms with Crippen LogP contribution < -0.4 is 0 Å². The Morgan fingerprint density at radius 1 is 0.595 bits per heavy atom. The van der Waals surface area contributed by atoms with Crippen molar-refractivity contribution in [3.63, 3.8) is 0 Å². The third kappa shape index (κ3) is 12.0. The molecule has 0 spiro atoms. The standard InChI is InChI=1S/2C7H4N2O6.2C3H3BrN2/c2*10-7(11)4-1-5(8(12)13)3-6(2-4)9(14)15;2*4-3-1-5-6-2-3/h2*1-3H,(H,10,11);2*1-2H,(H,5,6). The number of nitrogens with one attached hydrogen (secondary N) is 2. The number of aromatic amines is 2. The summed E-state index contributed by atoms with van der Waals surface area (Å²) in [6.45, 7) is 0. The van der Waals surface area contributed by atoms with Gasteiger partial charge in [-0.25, -0.2) is 9.59 Å². The van der Waals surface area contributed by atoms with Crippen LogP contribution in [0.4, 0.5) is 22.7 Å². The first kappa shape index (κ1) is 34.4. The Labute approximate surface area is 247 Å². The lowest BCUT2D eigenvalue weighted by molar-refractivity contribution is -0.394. The van der Waals surface area contributed by atoms with Gasteiger partial charge in [0.25, 0.3) is 22.7 Å². The molecule has 42 heavy (non-hydrogen) atoms. The lowest BCUT2D eigenvalue weighted by atomic mass is 10.2. The fraction of sp³-hybridized carbons (Fsp3) is 0. The number of nitro benzene ring substituents is 4. The first-order valence-corrected chi connectivity index (χ1v) is 11.8. The summed E-state index contributed by atoms with van der Waals surface area (Å²) in [6, 6.07) is 4.44. The molecular weight excluding hydrogens is 704 g/mol. The number of carboxylic acid groups (broad SMARTS) is 2. The number of nitrogens with zero attached hydrogens (tertiary/aromatic N) is 6. The third-order valence-corrected chi connectivity index (χ3v) is 4.94. The van der Waals surface area contributed by atoms with Gasteiger partial charge in [0.2, 0.25) is 0 Å². The number of halogens is 2. The van der Waals surface area contributed by atoms with Crippen molar-refractivity contribution in [3.8, 4) is 0 Å². The Kier molecular flexibility index (Phi) is 13.5. The fourth-order valence-electron chi connectivity index (χ4n) is 2.33. The first-order valence-electron chi connectivity index (χ1n) is 10.2. The van der Waals surface area contributed by atoms with Crippen molar-refractivity contribution in [2.45, 2.75) is 0 Å². The van der Waals surface area contributed by atoms with E-state index in [1.807, 2.05) is 0 Å². The van der Waals surface area contributed by atoms with Crippen LogP contribution in [-0.2, 0) is 0 Å². The van der Waals surface area contributed by atoms with Crippen molar-refractivity contribution >= 4 is 66.5 Å². The van der Waals surface area contributed by atoms with E-state index in [1.54, 1.807) is 24.8 Å². The molecule has 0 bridgehead atoms. The molecule has 0 radical (unpaired) electrons. The molecule has 0 saturated heterocycles. The number of aromatic carboxylic acids is 2. The highest BCUT2D eigenvalue weighted by molar-refractivity contribution is 9.10. The lowest BCUT2D eigenvalue weighted by Gasteiger charge is -1.96. The molecule has 0 aliphatic heterocycles. The fourth-order valence-corrected chi connectivity index (χ4v) is 2.74. The zero-order valence-corrected chi connectivity index (χ0v) is 23.4. The van der Waals surface area contributed by atoms with Gasteiger partial charge in [-0.15, -0.1) is 0 Å². The summed E-state index contributed by atoms with van der Waals surface area (Å²) in [7, 11) is 0. The van der Waals surface area contributed by atoms with E-state index in [0.29, 0.717) is 12.1 Å². The zero-order chi connectivity index (χ0) is 32.0. The SMILES string of the molecule is Brc1cn[nH]c1.Brc1cn[nH]c1.O=C(O)c1cc([N+](=O)[O-])cc([N+](=O)[O-])c1.O=C(O)c1cc([N+](=O)[O-])cc([N+](=O)[O-])c1. The Morgan fingerprint density at radius 2 is 0.857 bits per heavy atom. The van der Waals surface area contributed by atoms with Crippen LogP contribution in [0.1, 0.15) is 20.7 Å². The lowest BCUT2D eigenvalue weighted by Crippen LogP contribution is -2.00. The van der Waals surface area contributed by atoms with Gasteiger partial charge in [-0.05, 0) is 31.9 Å². The number of carbonyl (C=O) groups is 2. The van der Waals surface area contributed by atoms with Crippen LogP contribution in [0.5, 0.6) is 0 Å². The molecule has 0 aliphatic carbocycles. The maximum atomic E-state index is 10.5. The van der Waals surface area contributed by atoms with Crippen LogP contribution in [0.15, 0.2) is 70.1 Å². The Balaban J connectivity index is 0.000000303. The van der Waals surface area contributed by atoms with Crippen LogP contribution in [0.3, 0.4) is 0 Å². The smallest absolute Gasteiger partial charge is 0.336 e. The molecule has 2 aromatic carbocycles. The molecule has 0 atom stereocenters. The minimum absolute atomic E-state index is 0.490. The maximum absolute atomic E-state index is 10.5. The van der Waals surface area contributed by atoms with Gasteiger partial charge in [0, 0.05) is 36.7 Å². The van der Waals surface area contributed by atoms with Gasteiger partial charge in [-0.1, -0.05) is 0 Å². The minimum Gasteiger partial charge on any atom is -0.478 e. The molecule has 0 aliphatic rings. The van der Waals surface area contributed by atoms with E-state index in [4.69, 9.17) is 10.2 Å². The maximum Gasteiger partial charge on any atom is 0.336 e. The van der Waals surface area contributed by atoms with Crippen LogP contribution in [0, 0.1) is 40.5 Å². The van der Waals surface area contributed by atoms with Crippen molar-refractivity contribution < 1.29 is 39.5 Å². The molecule has 20 nitrogen and oxygen atoms in total. The summed E-state index contributed by atoms with van der Waals surface area (Å²) in [4.78, 5) is 58.8. The summed E-state index contributed by atoms with van der Waals surface area (Å²) >= 11 is 6.38. The molecule has 0 fully saturated rings. The number of non-ortho nitro benzene ring substituents is 4. The van der Waals surface area contributed by atoms with Gasteiger partial charge in [0.15, 0.2) is 0 Å². The number of hydrogen-bond donors (Lipinski definition) is 4. The van der Waals surface area contributed by atoms with Crippen molar-refractivity contribution in [2.75, 3.05) is 0 Å². The van der Waals surface area contributed by atoms with E-state index in [0.717, 1.165) is 33.2 Å². The van der Waals surface area contributed by atoms with E-state index >= 15 is 0 Å². The summed E-state index contributed by atoms with van der Waals surface area (Å²) in [5.41, 5.74) is -3.47.